The molecule has 2 bridgehead atoms. The van der Waals surface area contributed by atoms with Gasteiger partial charge in [-0.25, -0.2) is 4.79 Å². The van der Waals surface area contributed by atoms with Crippen molar-refractivity contribution in [2.45, 2.75) is 95.2 Å². The number of aromatic hydroxyl groups is 1. The van der Waals surface area contributed by atoms with Crippen LogP contribution in [0.1, 0.15) is 83.3 Å². The van der Waals surface area contributed by atoms with Gasteiger partial charge in [0.1, 0.15) is 30.0 Å². The van der Waals surface area contributed by atoms with Crippen molar-refractivity contribution in [3.8, 4) is 45.9 Å². The first-order valence-corrected chi connectivity index (χ1v) is 23.4. The largest absolute Gasteiger partial charge is 0.504 e. The Labute approximate surface area is 385 Å². The van der Waals surface area contributed by atoms with Crippen LogP contribution in [0.5, 0.6) is 28.7 Å². The Balaban J connectivity index is 1.08. The van der Waals surface area contributed by atoms with Crippen LogP contribution >= 0.6 is 11.8 Å². The summed E-state index contributed by atoms with van der Waals surface area (Å²) in [6, 6.07) is 18.4. The minimum absolute atomic E-state index is 0.00113. The molecule has 4 heterocycles. The molecule has 9 rings (SSSR count). The fourth-order valence-corrected chi connectivity index (χ4v) is 12.3. The number of alkyl carbamates (subject to hydrolysis) is 1. The molecule has 4 aromatic carbocycles. The second-order valence-electron chi connectivity index (χ2n) is 18.6. The molecular weight excluding hydrogens is 843 g/mol. The van der Waals surface area contributed by atoms with E-state index in [-0.39, 0.29) is 55.5 Å². The molecule has 2 amide bonds. The van der Waals surface area contributed by atoms with Gasteiger partial charge >= 0.3 is 6.09 Å². The maximum Gasteiger partial charge on any atom is 0.408 e. The van der Waals surface area contributed by atoms with Crippen LogP contribution < -0.4 is 29.6 Å². The van der Waals surface area contributed by atoms with Crippen molar-refractivity contribution < 1.29 is 38.4 Å². The highest BCUT2D eigenvalue weighted by Gasteiger charge is 2.57. The van der Waals surface area contributed by atoms with Gasteiger partial charge in [-0.15, -0.1) is 0 Å². The van der Waals surface area contributed by atoms with E-state index in [9.17, 15) is 20.0 Å². The lowest BCUT2D eigenvalue weighted by atomic mass is 9.71. The van der Waals surface area contributed by atoms with Gasteiger partial charge in [0.25, 0.3) is 0 Å². The van der Waals surface area contributed by atoms with Gasteiger partial charge in [-0.1, -0.05) is 67.3 Å². The SMILES string of the molecule is C=CCOc1c(C)c2c(c3c1CC1[C@H]4c5c(cc(C)c(OC)c5O)C[C@@H]([C@H](C#N)N1[C@H]3CNC(=O)[C@H](CSCC1c3ccccc3-c3ccccc31)NC(=O)OC(C)(C)C)N4C)OCO2. The number of carbonyl (C=O) groups is 2. The number of phenolic OH excluding ortho intramolecular Hbond substituents is 1. The monoisotopic (exact) mass is 899 g/mol. The van der Waals surface area contributed by atoms with Gasteiger partial charge in [0.05, 0.1) is 25.3 Å². The number of nitrogens with zero attached hydrogens (tertiary/aromatic N) is 3. The third-order valence-corrected chi connectivity index (χ3v) is 14.8. The molecule has 13 nitrogen and oxygen atoms in total. The highest BCUT2D eigenvalue weighted by Crippen LogP contribution is 2.58. The minimum Gasteiger partial charge on any atom is -0.504 e. The van der Waals surface area contributed by atoms with Crippen LogP contribution in [0.3, 0.4) is 0 Å². The normalized spacial score (nSPS) is 22.0. The molecule has 14 heteroatoms. The minimum atomic E-state index is -0.964. The number of methoxy groups -OCH3 is 1. The Hall–Kier alpha value is -5.88. The Bertz CT molecular complexity index is 2560. The summed E-state index contributed by atoms with van der Waals surface area (Å²) in [7, 11) is 3.58. The summed E-state index contributed by atoms with van der Waals surface area (Å²) in [6.45, 7) is 13.4. The molecular formula is C51H57N5O8S. The predicted octanol–water partition coefficient (Wildman–Crippen LogP) is 7.64. The number of rotatable bonds is 12. The number of ether oxygens (including phenoxy) is 5. The average Bonchev–Trinajstić information content (AvgIpc) is 3.89. The van der Waals surface area contributed by atoms with E-state index >= 15 is 0 Å². The number of likely N-dealkylation sites (N-methyl/N-ethyl adjacent to an activating group) is 1. The van der Waals surface area contributed by atoms with E-state index in [4.69, 9.17) is 23.7 Å². The van der Waals surface area contributed by atoms with E-state index in [1.54, 1.807) is 45.7 Å². The van der Waals surface area contributed by atoms with Crippen LogP contribution in [0.4, 0.5) is 4.79 Å². The number of fused-ring (bicyclic) bond motifs is 12. The molecule has 1 aliphatic carbocycles. The van der Waals surface area contributed by atoms with E-state index in [0.717, 1.165) is 33.4 Å². The zero-order valence-corrected chi connectivity index (χ0v) is 38.8. The molecule has 0 radical (unpaired) electrons. The van der Waals surface area contributed by atoms with E-state index < -0.39 is 35.7 Å². The molecule has 0 aromatic heterocycles. The highest BCUT2D eigenvalue weighted by molar-refractivity contribution is 7.99. The molecule has 65 heavy (non-hydrogen) atoms. The lowest BCUT2D eigenvalue weighted by Gasteiger charge is -2.60. The second-order valence-corrected chi connectivity index (χ2v) is 19.6. The fraction of sp³-hybridized carbons (Fsp3) is 0.431. The van der Waals surface area contributed by atoms with Crippen molar-refractivity contribution in [3.63, 3.8) is 0 Å². The predicted molar refractivity (Wildman–Crippen MR) is 249 cm³/mol. The first-order chi connectivity index (χ1) is 31.3. The Morgan fingerprint density at radius 2 is 1.72 bits per heavy atom. The lowest BCUT2D eigenvalue weighted by Crippen LogP contribution is -2.69. The molecule has 4 aliphatic heterocycles. The van der Waals surface area contributed by atoms with Crippen molar-refractivity contribution >= 4 is 23.8 Å². The summed E-state index contributed by atoms with van der Waals surface area (Å²) < 4.78 is 30.3. The number of piperazine rings is 1. The molecule has 0 spiro atoms. The third-order valence-electron chi connectivity index (χ3n) is 13.6. The molecule has 1 fully saturated rings. The summed E-state index contributed by atoms with van der Waals surface area (Å²) in [5.74, 6) is 2.94. The van der Waals surface area contributed by atoms with Crippen LogP contribution in [0.25, 0.3) is 11.1 Å². The number of nitriles is 1. The zero-order valence-electron chi connectivity index (χ0n) is 38.0. The summed E-state index contributed by atoms with van der Waals surface area (Å²) in [6.07, 6.45) is 1.95. The van der Waals surface area contributed by atoms with Crippen molar-refractivity contribution in [2.24, 2.45) is 0 Å². The van der Waals surface area contributed by atoms with E-state index in [0.29, 0.717) is 41.6 Å². The standard InChI is InChI=1S/C51H57N5O8S/c1-9-18-61-46-28(3)47-48(63-26-62-47)42-34(46)21-38-43-41-29(19-27(2)45(60-8)44(41)57)20-37(55(43)7)39(22-52)56(38)40(42)23-53-49(58)36(54-50(59)64-51(4,5)6)25-65-24-35-32-16-12-10-14-30(32)31-15-11-13-17-33(31)35/h9-17,19,35-40,43,57H,1,18,20-21,23-26H2,2-8H3,(H,53,58)(H,54,59)/t36-,37-,38?,39-,40-,43-/m0/s1. The van der Waals surface area contributed by atoms with Gasteiger partial charge in [0, 0.05) is 58.3 Å². The van der Waals surface area contributed by atoms with Gasteiger partial charge in [0.2, 0.25) is 12.7 Å². The number of nitrogens with one attached hydrogen (secondary N) is 2. The van der Waals surface area contributed by atoms with Crippen molar-refractivity contribution in [3.05, 3.63) is 112 Å². The number of phenols is 1. The number of carbonyl (C=O) groups excluding carboxylic acids is 2. The summed E-state index contributed by atoms with van der Waals surface area (Å²) in [5, 5.41) is 29.3. The van der Waals surface area contributed by atoms with Crippen LogP contribution in [0.15, 0.2) is 67.3 Å². The molecule has 5 aliphatic rings. The van der Waals surface area contributed by atoms with Crippen LogP contribution in [0.2, 0.25) is 0 Å². The van der Waals surface area contributed by atoms with Gasteiger partial charge < -0.3 is 39.4 Å². The Kier molecular flexibility index (Phi) is 11.9. The molecule has 1 saturated heterocycles. The molecule has 6 atom stereocenters. The molecule has 340 valence electrons. The second kappa shape index (κ2) is 17.5. The first-order valence-electron chi connectivity index (χ1n) is 22.3. The smallest absolute Gasteiger partial charge is 0.408 e. The molecule has 3 N–H and O–H groups in total. The van der Waals surface area contributed by atoms with Crippen molar-refractivity contribution in [2.75, 3.05) is 45.6 Å². The fourth-order valence-electron chi connectivity index (χ4n) is 11.1. The number of amides is 2. The molecule has 1 unspecified atom stereocenters. The third kappa shape index (κ3) is 7.71. The average molecular weight is 900 g/mol. The summed E-state index contributed by atoms with van der Waals surface area (Å²) in [5.41, 5.74) is 9.12. The Morgan fingerprint density at radius 1 is 1.03 bits per heavy atom. The lowest BCUT2D eigenvalue weighted by molar-refractivity contribution is -0.123. The van der Waals surface area contributed by atoms with E-state index in [1.165, 1.54) is 22.3 Å². The van der Waals surface area contributed by atoms with Crippen molar-refractivity contribution in [1.29, 1.82) is 5.26 Å². The summed E-state index contributed by atoms with van der Waals surface area (Å²) in [4.78, 5) is 32.6. The topological polar surface area (TPSA) is 155 Å². The first kappa shape index (κ1) is 44.3. The number of thioether (sulfide) groups is 1. The number of benzene rings is 4. The van der Waals surface area contributed by atoms with Crippen LogP contribution in [-0.2, 0) is 22.4 Å². The highest BCUT2D eigenvalue weighted by atomic mass is 32.2. The van der Waals surface area contributed by atoms with Crippen LogP contribution in [-0.4, -0.2) is 102 Å². The van der Waals surface area contributed by atoms with E-state index in [2.05, 4.69) is 87.7 Å². The Morgan fingerprint density at radius 3 is 2.38 bits per heavy atom. The molecule has 0 saturated carbocycles. The van der Waals surface area contributed by atoms with Gasteiger partial charge in [-0.2, -0.15) is 17.0 Å². The summed E-state index contributed by atoms with van der Waals surface area (Å²) >= 11 is 1.60. The quantitative estimate of drug-likeness (QED) is 0.120. The number of aryl methyl sites for hydroxylation is 1. The van der Waals surface area contributed by atoms with E-state index in [1.807, 2.05) is 20.9 Å². The maximum absolute atomic E-state index is 14.8. The molecule has 4 aromatic rings. The number of hydrogen-bond donors (Lipinski definition) is 3. The zero-order chi connectivity index (χ0) is 45.9. The maximum atomic E-state index is 14.8. The van der Waals surface area contributed by atoms with Gasteiger partial charge in [-0.05, 0) is 87.9 Å². The van der Waals surface area contributed by atoms with Gasteiger partial charge in [0.15, 0.2) is 23.0 Å². The number of hydrogen-bond acceptors (Lipinski definition) is 12. The van der Waals surface area contributed by atoms with Crippen LogP contribution in [0, 0.1) is 25.2 Å². The van der Waals surface area contributed by atoms with Gasteiger partial charge in [-0.3, -0.25) is 14.6 Å². The van der Waals surface area contributed by atoms with Crippen molar-refractivity contribution in [1.82, 2.24) is 20.4 Å².